The summed E-state index contributed by atoms with van der Waals surface area (Å²) in [6, 6.07) is 12.2. The number of aliphatic hydroxyl groups excluding tert-OH is 1. The average molecular weight is 552 g/mol. The van der Waals surface area contributed by atoms with Crippen molar-refractivity contribution in [3.8, 4) is 0 Å². The predicted molar refractivity (Wildman–Crippen MR) is 129 cm³/mol. The van der Waals surface area contributed by atoms with Crippen LogP contribution in [0.4, 0.5) is 0 Å². The summed E-state index contributed by atoms with van der Waals surface area (Å²) < 4.78 is 23.4. The monoisotopic (exact) mass is 551 g/mol. The Labute approximate surface area is 194 Å². The molecule has 3 N–H and O–H groups in total. The molecule has 0 heterocycles. The SMILES string of the molecule is CCNC(=NCc1ccc(S(C)(=O)=O)c(C)c1)NCC(O)c1ccc(Cl)cc1.I. The molecule has 0 bridgehead atoms. The van der Waals surface area contributed by atoms with Crippen LogP contribution in [0.25, 0.3) is 0 Å². The highest BCUT2D eigenvalue weighted by Crippen LogP contribution is 2.17. The minimum absolute atomic E-state index is 0. The van der Waals surface area contributed by atoms with E-state index in [-0.39, 0.29) is 24.0 Å². The standard InChI is InChI=1S/C20H26ClN3O3S.HI/c1-4-22-20(24-13-18(25)16-6-8-17(21)9-7-16)23-12-15-5-10-19(14(2)11-15)28(3,26)27;/h5-11,18,25H,4,12-13H2,1-3H3,(H2,22,23,24);1H. The summed E-state index contributed by atoms with van der Waals surface area (Å²) >= 11 is 5.87. The third kappa shape index (κ3) is 8.12. The predicted octanol–water partition coefficient (Wildman–Crippen LogP) is 3.46. The second-order valence-electron chi connectivity index (χ2n) is 6.52. The zero-order chi connectivity index (χ0) is 20.7. The summed E-state index contributed by atoms with van der Waals surface area (Å²) in [5, 5.41) is 17.2. The molecule has 0 radical (unpaired) electrons. The lowest BCUT2D eigenvalue weighted by Gasteiger charge is -2.16. The van der Waals surface area contributed by atoms with Gasteiger partial charge in [-0.25, -0.2) is 13.4 Å². The van der Waals surface area contributed by atoms with Gasteiger partial charge < -0.3 is 15.7 Å². The van der Waals surface area contributed by atoms with Crippen molar-refractivity contribution < 1.29 is 13.5 Å². The van der Waals surface area contributed by atoms with Crippen LogP contribution in [0.1, 0.15) is 29.7 Å². The highest BCUT2D eigenvalue weighted by atomic mass is 127. The molecule has 2 aromatic rings. The number of benzene rings is 2. The summed E-state index contributed by atoms with van der Waals surface area (Å²) in [6.45, 7) is 5.08. The summed E-state index contributed by atoms with van der Waals surface area (Å²) in [5.74, 6) is 0.570. The van der Waals surface area contributed by atoms with E-state index in [0.717, 1.165) is 11.1 Å². The van der Waals surface area contributed by atoms with Crippen molar-refractivity contribution in [3.05, 3.63) is 64.2 Å². The second kappa shape index (κ2) is 11.7. The van der Waals surface area contributed by atoms with Crippen molar-refractivity contribution in [2.45, 2.75) is 31.4 Å². The van der Waals surface area contributed by atoms with Gasteiger partial charge in [-0.1, -0.05) is 35.9 Å². The maximum absolute atomic E-state index is 11.7. The molecule has 1 unspecified atom stereocenters. The van der Waals surface area contributed by atoms with Crippen LogP contribution in [0.3, 0.4) is 0 Å². The van der Waals surface area contributed by atoms with Gasteiger partial charge in [-0.3, -0.25) is 0 Å². The Morgan fingerprint density at radius 3 is 2.38 bits per heavy atom. The molecule has 1 atom stereocenters. The molecule has 6 nitrogen and oxygen atoms in total. The molecule has 0 amide bonds. The molecule has 2 aromatic carbocycles. The molecule has 0 aliphatic rings. The summed E-state index contributed by atoms with van der Waals surface area (Å²) in [6.07, 6.45) is 0.504. The fraction of sp³-hybridized carbons (Fsp3) is 0.350. The van der Waals surface area contributed by atoms with E-state index in [9.17, 15) is 13.5 Å². The van der Waals surface area contributed by atoms with E-state index in [1.807, 2.05) is 13.0 Å². The highest BCUT2D eigenvalue weighted by Gasteiger charge is 2.11. The molecular weight excluding hydrogens is 525 g/mol. The quantitative estimate of drug-likeness (QED) is 0.279. The Morgan fingerprint density at radius 2 is 1.83 bits per heavy atom. The molecule has 0 aliphatic carbocycles. The van der Waals surface area contributed by atoms with Gasteiger partial charge in [0.05, 0.1) is 17.5 Å². The maximum atomic E-state index is 11.7. The number of guanidine groups is 1. The van der Waals surface area contributed by atoms with Gasteiger partial charge in [-0.2, -0.15) is 0 Å². The van der Waals surface area contributed by atoms with Crippen LogP contribution in [0.2, 0.25) is 5.02 Å². The van der Waals surface area contributed by atoms with Crippen molar-refractivity contribution >= 4 is 51.4 Å². The van der Waals surface area contributed by atoms with Crippen molar-refractivity contribution in [1.29, 1.82) is 0 Å². The van der Waals surface area contributed by atoms with Gasteiger partial charge in [-0.15, -0.1) is 24.0 Å². The first-order chi connectivity index (χ1) is 13.2. The Bertz CT molecular complexity index is 934. The van der Waals surface area contributed by atoms with E-state index in [4.69, 9.17) is 11.6 Å². The molecule has 0 aliphatic heterocycles. The molecule has 2 rings (SSSR count). The van der Waals surface area contributed by atoms with Gasteiger partial charge in [-0.05, 0) is 48.7 Å². The topological polar surface area (TPSA) is 90.8 Å². The summed E-state index contributed by atoms with van der Waals surface area (Å²) in [7, 11) is -3.23. The smallest absolute Gasteiger partial charge is 0.191 e. The number of hydrogen-bond acceptors (Lipinski definition) is 4. The van der Waals surface area contributed by atoms with Crippen LogP contribution < -0.4 is 10.6 Å². The third-order valence-electron chi connectivity index (χ3n) is 4.12. The van der Waals surface area contributed by atoms with Crippen LogP contribution in [-0.4, -0.2) is 38.8 Å². The van der Waals surface area contributed by atoms with Crippen molar-refractivity contribution in [1.82, 2.24) is 10.6 Å². The molecule has 0 aromatic heterocycles. The highest BCUT2D eigenvalue weighted by molar-refractivity contribution is 14.0. The first-order valence-corrected chi connectivity index (χ1v) is 11.2. The van der Waals surface area contributed by atoms with Gasteiger partial charge in [0.15, 0.2) is 15.8 Å². The van der Waals surface area contributed by atoms with Gasteiger partial charge in [0.25, 0.3) is 0 Å². The summed E-state index contributed by atoms with van der Waals surface area (Å²) in [4.78, 5) is 4.84. The maximum Gasteiger partial charge on any atom is 0.191 e. The van der Waals surface area contributed by atoms with E-state index in [0.29, 0.717) is 41.1 Å². The van der Waals surface area contributed by atoms with E-state index < -0.39 is 15.9 Å². The fourth-order valence-electron chi connectivity index (χ4n) is 2.73. The van der Waals surface area contributed by atoms with Crippen molar-refractivity contribution in [2.75, 3.05) is 19.3 Å². The van der Waals surface area contributed by atoms with Crippen LogP contribution >= 0.6 is 35.6 Å². The van der Waals surface area contributed by atoms with Crippen LogP contribution in [-0.2, 0) is 16.4 Å². The van der Waals surface area contributed by atoms with Gasteiger partial charge in [0.1, 0.15) is 0 Å². The van der Waals surface area contributed by atoms with Gasteiger partial charge >= 0.3 is 0 Å². The molecule has 29 heavy (non-hydrogen) atoms. The molecule has 0 saturated carbocycles. The molecular formula is C20H27ClIN3O3S. The first kappa shape index (κ1) is 25.7. The van der Waals surface area contributed by atoms with E-state index in [1.165, 1.54) is 6.26 Å². The Hall–Kier alpha value is -1.36. The zero-order valence-electron chi connectivity index (χ0n) is 16.6. The minimum atomic E-state index is -3.23. The third-order valence-corrected chi connectivity index (χ3v) is 5.63. The number of aryl methyl sites for hydroxylation is 1. The Kier molecular flexibility index (Phi) is 10.4. The Morgan fingerprint density at radius 1 is 1.17 bits per heavy atom. The van der Waals surface area contributed by atoms with Crippen molar-refractivity contribution in [2.24, 2.45) is 4.99 Å². The molecule has 0 spiro atoms. The van der Waals surface area contributed by atoms with E-state index in [1.54, 1.807) is 43.3 Å². The van der Waals surface area contributed by atoms with Crippen molar-refractivity contribution in [3.63, 3.8) is 0 Å². The number of hydrogen-bond donors (Lipinski definition) is 3. The molecule has 160 valence electrons. The lowest BCUT2D eigenvalue weighted by molar-refractivity contribution is 0.181. The number of rotatable bonds is 7. The first-order valence-electron chi connectivity index (χ1n) is 8.96. The Balaban J connectivity index is 0.00000420. The van der Waals surface area contributed by atoms with Crippen LogP contribution in [0, 0.1) is 6.92 Å². The second-order valence-corrected chi connectivity index (χ2v) is 8.94. The minimum Gasteiger partial charge on any atom is -0.387 e. The number of aliphatic imine (C=N–C) groups is 1. The number of nitrogens with one attached hydrogen (secondary N) is 2. The fourth-order valence-corrected chi connectivity index (χ4v) is 3.82. The van der Waals surface area contributed by atoms with Gasteiger partial charge in [0, 0.05) is 24.4 Å². The largest absolute Gasteiger partial charge is 0.387 e. The van der Waals surface area contributed by atoms with E-state index in [2.05, 4.69) is 15.6 Å². The number of aliphatic hydroxyl groups is 1. The number of halogens is 2. The van der Waals surface area contributed by atoms with Crippen LogP contribution in [0.15, 0.2) is 52.4 Å². The average Bonchev–Trinajstić information content (AvgIpc) is 2.63. The van der Waals surface area contributed by atoms with Gasteiger partial charge in [0.2, 0.25) is 0 Å². The van der Waals surface area contributed by atoms with Crippen LogP contribution in [0.5, 0.6) is 0 Å². The lowest BCUT2D eigenvalue weighted by Crippen LogP contribution is -2.39. The summed E-state index contributed by atoms with van der Waals surface area (Å²) in [5.41, 5.74) is 2.37. The molecule has 0 fully saturated rings. The zero-order valence-corrected chi connectivity index (χ0v) is 20.5. The lowest BCUT2D eigenvalue weighted by atomic mass is 10.1. The normalized spacial score (nSPS) is 12.8. The van der Waals surface area contributed by atoms with E-state index >= 15 is 0 Å². The number of nitrogens with zero attached hydrogens (tertiary/aromatic N) is 1. The number of sulfone groups is 1. The molecule has 9 heteroatoms. The molecule has 0 saturated heterocycles.